The molecule has 0 bridgehead atoms. The zero-order chi connectivity index (χ0) is 69.3. The van der Waals surface area contributed by atoms with Gasteiger partial charge in [-0.2, -0.15) is 0 Å². The Morgan fingerprint density at radius 2 is 0.489 bits per heavy atom. The Kier molecular flexibility index (Phi) is 65.5. The lowest BCUT2D eigenvalue weighted by Gasteiger charge is -2.21. The van der Waals surface area contributed by atoms with E-state index in [1.807, 2.05) is 0 Å². The second-order valence-corrected chi connectivity index (χ2v) is 30.9. The van der Waals surface area contributed by atoms with Crippen LogP contribution in [0.1, 0.15) is 388 Å². The summed E-state index contributed by atoms with van der Waals surface area (Å²) < 4.78 is 68.5. The van der Waals surface area contributed by atoms with Crippen LogP contribution in [0.5, 0.6) is 0 Å². The van der Waals surface area contributed by atoms with Crippen LogP contribution in [0.25, 0.3) is 0 Å². The van der Waals surface area contributed by atoms with E-state index in [4.69, 9.17) is 37.0 Å². The van der Waals surface area contributed by atoms with E-state index in [-0.39, 0.29) is 25.7 Å². The Bertz CT molecular complexity index is 1820. The van der Waals surface area contributed by atoms with Gasteiger partial charge >= 0.3 is 39.5 Å². The molecule has 0 saturated heterocycles. The molecule has 2 unspecified atom stereocenters. The van der Waals surface area contributed by atoms with Gasteiger partial charge in [0.2, 0.25) is 0 Å². The molecule has 17 nitrogen and oxygen atoms in total. The molecule has 0 aromatic carbocycles. The number of rotatable bonds is 74. The molecule has 0 rings (SSSR count). The van der Waals surface area contributed by atoms with Crippen molar-refractivity contribution in [2.45, 2.75) is 407 Å². The quantitative estimate of drug-likeness (QED) is 0.0222. The van der Waals surface area contributed by atoms with Gasteiger partial charge in [-0.3, -0.25) is 37.3 Å². The van der Waals surface area contributed by atoms with Crippen LogP contribution in [0.2, 0.25) is 0 Å². The van der Waals surface area contributed by atoms with Crippen molar-refractivity contribution in [3.05, 3.63) is 0 Å². The Morgan fingerprint density at radius 1 is 0.287 bits per heavy atom. The number of carbonyl (C=O) groups is 4. The number of aliphatic hydroxyl groups excluding tert-OH is 1. The van der Waals surface area contributed by atoms with Crippen molar-refractivity contribution in [1.29, 1.82) is 0 Å². The minimum atomic E-state index is -4.96. The summed E-state index contributed by atoms with van der Waals surface area (Å²) >= 11 is 0. The van der Waals surface area contributed by atoms with Gasteiger partial charge in [0.1, 0.15) is 19.3 Å². The van der Waals surface area contributed by atoms with Crippen LogP contribution in [0.4, 0.5) is 0 Å². The molecule has 0 saturated carbocycles. The summed E-state index contributed by atoms with van der Waals surface area (Å²) in [5.74, 6) is -0.546. The van der Waals surface area contributed by atoms with Crippen LogP contribution in [0.15, 0.2) is 0 Å². The molecule has 558 valence electrons. The fourth-order valence-corrected chi connectivity index (χ4v) is 13.1. The fraction of sp³-hybridized carbons (Fsp3) is 0.947. The molecule has 0 aliphatic carbocycles. The van der Waals surface area contributed by atoms with Crippen molar-refractivity contribution in [3.8, 4) is 0 Å². The van der Waals surface area contributed by atoms with Crippen LogP contribution >= 0.6 is 15.6 Å². The summed E-state index contributed by atoms with van der Waals surface area (Å²) in [7, 11) is -9.91. The maximum absolute atomic E-state index is 13.1. The molecule has 0 aromatic rings. The predicted molar refractivity (Wildman–Crippen MR) is 381 cm³/mol. The molecule has 0 aliphatic heterocycles. The zero-order valence-electron chi connectivity index (χ0n) is 61.3. The van der Waals surface area contributed by atoms with Gasteiger partial charge in [0.05, 0.1) is 26.4 Å². The highest BCUT2D eigenvalue weighted by molar-refractivity contribution is 7.47. The van der Waals surface area contributed by atoms with E-state index in [1.165, 1.54) is 205 Å². The standard InChI is InChI=1S/C75H146O17P2/c1-7-9-11-13-15-17-19-21-29-35-41-47-53-59-74(79)91-70(63-85-72(77)57-51-45-39-33-18-16-14-12-10-8-2)65-89-93(81,82)87-61-69(76)62-88-94(83,84)90-66-71(64-86-73(78)58-52-46-40-34-28-25-24-27-32-38-44-50-56-68(5)6)92-75(80)60-54-48-42-36-30-23-20-22-26-31-37-43-49-55-67(3)4/h67-71,76H,7-66H2,1-6H3,(H,81,82)(H,83,84)/t69-,70+,71+/m0/s1. The molecule has 19 heteroatoms. The van der Waals surface area contributed by atoms with E-state index in [2.05, 4.69) is 41.5 Å². The van der Waals surface area contributed by atoms with E-state index >= 15 is 0 Å². The van der Waals surface area contributed by atoms with Gasteiger partial charge in [-0.15, -0.1) is 0 Å². The average molecular weight is 1380 g/mol. The van der Waals surface area contributed by atoms with Crippen molar-refractivity contribution < 1.29 is 80.2 Å². The summed E-state index contributed by atoms with van der Waals surface area (Å²) in [6.45, 7) is 9.62. The number of hydrogen-bond acceptors (Lipinski definition) is 15. The molecule has 3 N–H and O–H groups in total. The van der Waals surface area contributed by atoms with E-state index < -0.39 is 97.5 Å². The Morgan fingerprint density at radius 3 is 0.723 bits per heavy atom. The van der Waals surface area contributed by atoms with Gasteiger partial charge < -0.3 is 33.8 Å². The molecular weight excluding hydrogens is 1230 g/mol. The van der Waals surface area contributed by atoms with Crippen LogP contribution in [0.3, 0.4) is 0 Å². The van der Waals surface area contributed by atoms with Crippen LogP contribution in [-0.4, -0.2) is 96.7 Å². The SMILES string of the molecule is CCCCCCCCCCCCCCCC(=O)O[C@H](COC(=O)CCCCCCCCCCCC)COP(=O)(O)OC[C@H](O)COP(=O)(O)OC[C@@H](COC(=O)CCCCCCCCCCCCCCC(C)C)OC(=O)CCCCCCCCCCCCCCCC(C)C. The van der Waals surface area contributed by atoms with E-state index in [1.54, 1.807) is 0 Å². The third kappa shape index (κ3) is 68.6. The third-order valence-corrected chi connectivity index (χ3v) is 19.4. The van der Waals surface area contributed by atoms with Gasteiger partial charge in [-0.25, -0.2) is 9.13 Å². The average Bonchev–Trinajstić information content (AvgIpc) is 1.30. The number of ether oxygens (including phenoxy) is 4. The van der Waals surface area contributed by atoms with Crippen molar-refractivity contribution >= 4 is 39.5 Å². The molecule has 0 heterocycles. The molecule has 94 heavy (non-hydrogen) atoms. The smallest absolute Gasteiger partial charge is 0.462 e. The van der Waals surface area contributed by atoms with Gasteiger partial charge in [-0.1, -0.05) is 337 Å². The van der Waals surface area contributed by atoms with Gasteiger partial charge in [0, 0.05) is 25.7 Å². The molecule has 0 aliphatic rings. The van der Waals surface area contributed by atoms with Gasteiger partial charge in [-0.05, 0) is 37.5 Å². The van der Waals surface area contributed by atoms with Crippen molar-refractivity contribution in [1.82, 2.24) is 0 Å². The third-order valence-electron chi connectivity index (χ3n) is 17.5. The topological polar surface area (TPSA) is 237 Å². The first-order valence-electron chi connectivity index (χ1n) is 39.0. The normalized spacial score (nSPS) is 14.0. The number of aliphatic hydroxyl groups is 1. The first-order chi connectivity index (χ1) is 45.4. The highest BCUT2D eigenvalue weighted by atomic mass is 31.2. The number of phosphoric ester groups is 2. The molecule has 0 fully saturated rings. The first-order valence-corrected chi connectivity index (χ1v) is 42.0. The van der Waals surface area contributed by atoms with Gasteiger partial charge in [0.25, 0.3) is 0 Å². The van der Waals surface area contributed by atoms with Crippen molar-refractivity contribution in [2.24, 2.45) is 11.8 Å². The molecular formula is C75H146O17P2. The summed E-state index contributed by atoms with van der Waals surface area (Å²) in [5, 5.41) is 10.6. The van der Waals surface area contributed by atoms with Crippen molar-refractivity contribution in [2.75, 3.05) is 39.6 Å². The first kappa shape index (κ1) is 92.1. The number of unbranched alkanes of at least 4 members (excludes halogenated alkanes) is 44. The Hall–Kier alpha value is -1.94. The summed E-state index contributed by atoms with van der Waals surface area (Å²) in [6, 6.07) is 0. The lowest BCUT2D eigenvalue weighted by atomic mass is 10.0. The lowest BCUT2D eigenvalue weighted by molar-refractivity contribution is -0.161. The molecule has 0 amide bonds. The molecule has 0 spiro atoms. The van der Waals surface area contributed by atoms with Crippen LogP contribution in [-0.2, 0) is 65.4 Å². The summed E-state index contributed by atoms with van der Waals surface area (Å²) in [6.07, 6.45) is 53.9. The van der Waals surface area contributed by atoms with E-state index in [0.717, 1.165) is 102 Å². The number of hydrogen-bond donors (Lipinski definition) is 3. The largest absolute Gasteiger partial charge is 0.472 e. The molecule has 0 radical (unpaired) electrons. The summed E-state index contributed by atoms with van der Waals surface area (Å²) in [4.78, 5) is 72.8. The van der Waals surface area contributed by atoms with E-state index in [9.17, 15) is 43.2 Å². The highest BCUT2D eigenvalue weighted by Crippen LogP contribution is 2.45. The summed E-state index contributed by atoms with van der Waals surface area (Å²) in [5.41, 5.74) is 0. The monoisotopic (exact) mass is 1380 g/mol. The van der Waals surface area contributed by atoms with Crippen molar-refractivity contribution in [3.63, 3.8) is 0 Å². The predicted octanol–water partition coefficient (Wildman–Crippen LogP) is 21.9. The highest BCUT2D eigenvalue weighted by Gasteiger charge is 2.30. The fourth-order valence-electron chi connectivity index (χ4n) is 11.5. The molecule has 0 aromatic heterocycles. The number of carbonyl (C=O) groups excluding carboxylic acids is 4. The van der Waals surface area contributed by atoms with Gasteiger partial charge in [0.15, 0.2) is 12.2 Å². The van der Waals surface area contributed by atoms with Crippen LogP contribution < -0.4 is 0 Å². The number of esters is 4. The minimum Gasteiger partial charge on any atom is -0.462 e. The second kappa shape index (κ2) is 66.9. The minimum absolute atomic E-state index is 0.107. The number of phosphoric acid groups is 2. The van der Waals surface area contributed by atoms with E-state index in [0.29, 0.717) is 25.7 Å². The van der Waals surface area contributed by atoms with Crippen LogP contribution in [0, 0.1) is 11.8 Å². The maximum Gasteiger partial charge on any atom is 0.472 e. The maximum atomic E-state index is 13.1. The second-order valence-electron chi connectivity index (χ2n) is 28.0. The lowest BCUT2D eigenvalue weighted by Crippen LogP contribution is -2.30. The zero-order valence-corrected chi connectivity index (χ0v) is 63.1. The Labute approximate surface area is 575 Å². The Balaban J connectivity index is 5.25. The molecule has 5 atom stereocenters.